The summed E-state index contributed by atoms with van der Waals surface area (Å²) in [5, 5.41) is 0. The fraction of sp³-hybridized carbons (Fsp3) is 0.400. The van der Waals surface area contributed by atoms with Crippen molar-refractivity contribution in [2.45, 2.75) is 27.2 Å². The van der Waals surface area contributed by atoms with E-state index in [0.29, 0.717) is 5.56 Å². The number of rotatable bonds is 1. The third-order valence-electron chi connectivity index (χ3n) is 2.24. The van der Waals surface area contributed by atoms with Crippen molar-refractivity contribution in [1.82, 2.24) is 0 Å². The second-order valence-corrected chi connectivity index (χ2v) is 3.05. The van der Waals surface area contributed by atoms with Crippen LogP contribution in [0.15, 0.2) is 6.07 Å². The highest BCUT2D eigenvalue weighted by Crippen LogP contribution is 2.22. The molecule has 1 rings (SSSR count). The van der Waals surface area contributed by atoms with Gasteiger partial charge in [-0.05, 0) is 43.0 Å². The fourth-order valence-electron chi connectivity index (χ4n) is 1.57. The van der Waals surface area contributed by atoms with E-state index < -0.39 is 0 Å². The van der Waals surface area contributed by atoms with Crippen molar-refractivity contribution < 1.29 is 4.39 Å². The van der Waals surface area contributed by atoms with Crippen molar-refractivity contribution in [3.63, 3.8) is 0 Å². The van der Waals surface area contributed by atoms with Gasteiger partial charge in [-0.15, -0.1) is 0 Å². The van der Waals surface area contributed by atoms with Crippen molar-refractivity contribution in [2.24, 2.45) is 0 Å². The lowest BCUT2D eigenvalue weighted by Crippen LogP contribution is -2.00. The summed E-state index contributed by atoms with van der Waals surface area (Å²) in [5.74, 6) is -0.266. The number of aryl methyl sites for hydroxylation is 1. The molecule has 0 saturated heterocycles. The Labute approximate surface area is 72.4 Å². The first-order valence-corrected chi connectivity index (χ1v) is 4.12. The Balaban J connectivity index is 3.40. The molecule has 0 saturated carbocycles. The minimum atomic E-state index is -0.266. The van der Waals surface area contributed by atoms with Gasteiger partial charge in [0.05, 0.1) is 5.69 Å². The lowest BCUT2D eigenvalue weighted by atomic mass is 9.99. The number of halogens is 1. The third kappa shape index (κ3) is 1.29. The van der Waals surface area contributed by atoms with E-state index in [4.69, 9.17) is 5.73 Å². The average molecular weight is 167 g/mol. The molecule has 0 amide bonds. The van der Waals surface area contributed by atoms with E-state index in [9.17, 15) is 4.39 Å². The van der Waals surface area contributed by atoms with Gasteiger partial charge in [0.15, 0.2) is 0 Å². The van der Waals surface area contributed by atoms with Crippen molar-refractivity contribution >= 4 is 5.69 Å². The summed E-state index contributed by atoms with van der Waals surface area (Å²) in [6.07, 6.45) is 0.856. The van der Waals surface area contributed by atoms with E-state index in [1.807, 2.05) is 13.8 Å². The standard InChI is InChI=1S/C10H14FN/c1-4-8-6(2)5-9(12)10(11)7(8)3/h5H,4,12H2,1-3H3. The number of hydrogen-bond donors (Lipinski definition) is 1. The zero-order chi connectivity index (χ0) is 9.30. The monoisotopic (exact) mass is 167 g/mol. The maximum atomic E-state index is 13.2. The Morgan fingerprint density at radius 3 is 2.50 bits per heavy atom. The minimum absolute atomic E-state index is 0.252. The molecular formula is C10H14FN. The molecule has 0 fully saturated rings. The molecule has 1 nitrogen and oxygen atoms in total. The van der Waals surface area contributed by atoms with Gasteiger partial charge < -0.3 is 5.73 Å². The Morgan fingerprint density at radius 2 is 2.00 bits per heavy atom. The van der Waals surface area contributed by atoms with Crippen LogP contribution in [0.1, 0.15) is 23.6 Å². The molecule has 12 heavy (non-hydrogen) atoms. The topological polar surface area (TPSA) is 26.0 Å². The summed E-state index contributed by atoms with van der Waals surface area (Å²) in [6, 6.07) is 1.70. The number of benzene rings is 1. The van der Waals surface area contributed by atoms with Gasteiger partial charge in [-0.3, -0.25) is 0 Å². The van der Waals surface area contributed by atoms with Gasteiger partial charge in [0.25, 0.3) is 0 Å². The maximum absolute atomic E-state index is 13.2. The molecule has 2 heteroatoms. The Bertz CT molecular complexity index is 305. The molecule has 1 aromatic rings. The Kier molecular flexibility index (Phi) is 2.36. The van der Waals surface area contributed by atoms with Crippen molar-refractivity contribution in [3.05, 3.63) is 28.6 Å². The second kappa shape index (κ2) is 3.13. The first kappa shape index (κ1) is 9.04. The largest absolute Gasteiger partial charge is 0.396 e. The summed E-state index contributed by atoms with van der Waals surface area (Å²) >= 11 is 0. The van der Waals surface area contributed by atoms with Gasteiger partial charge in [-0.2, -0.15) is 0 Å². The first-order valence-electron chi connectivity index (χ1n) is 4.12. The first-order chi connectivity index (χ1) is 5.57. The van der Waals surface area contributed by atoms with Crippen molar-refractivity contribution in [2.75, 3.05) is 5.73 Å². The highest BCUT2D eigenvalue weighted by molar-refractivity contribution is 5.50. The van der Waals surface area contributed by atoms with Gasteiger partial charge in [0, 0.05) is 0 Å². The molecule has 0 spiro atoms. The number of anilines is 1. The van der Waals surface area contributed by atoms with Gasteiger partial charge in [0.1, 0.15) is 5.82 Å². The average Bonchev–Trinajstić information content (AvgIpc) is 2.01. The predicted molar refractivity (Wildman–Crippen MR) is 49.7 cm³/mol. The molecule has 0 heterocycles. The van der Waals surface area contributed by atoms with Gasteiger partial charge in [0.2, 0.25) is 0 Å². The van der Waals surface area contributed by atoms with E-state index >= 15 is 0 Å². The lowest BCUT2D eigenvalue weighted by Gasteiger charge is -2.10. The molecule has 0 unspecified atom stereocenters. The van der Waals surface area contributed by atoms with E-state index in [1.165, 1.54) is 0 Å². The highest BCUT2D eigenvalue weighted by Gasteiger charge is 2.08. The van der Waals surface area contributed by atoms with Crippen LogP contribution in [0.3, 0.4) is 0 Å². The molecule has 0 aliphatic rings. The molecule has 0 aromatic heterocycles. The van der Waals surface area contributed by atoms with E-state index in [0.717, 1.165) is 17.5 Å². The van der Waals surface area contributed by atoms with Crippen molar-refractivity contribution in [3.8, 4) is 0 Å². The van der Waals surface area contributed by atoms with Gasteiger partial charge in [-0.25, -0.2) is 4.39 Å². The quantitative estimate of drug-likeness (QED) is 0.639. The molecule has 1 aromatic carbocycles. The van der Waals surface area contributed by atoms with Crippen LogP contribution in [0.4, 0.5) is 10.1 Å². The summed E-state index contributed by atoms with van der Waals surface area (Å²) in [4.78, 5) is 0. The molecule has 0 atom stereocenters. The van der Waals surface area contributed by atoms with Gasteiger partial charge in [-0.1, -0.05) is 6.92 Å². The SMILES string of the molecule is CCc1c(C)cc(N)c(F)c1C. The highest BCUT2D eigenvalue weighted by atomic mass is 19.1. The van der Waals surface area contributed by atoms with E-state index in [2.05, 4.69) is 0 Å². The van der Waals surface area contributed by atoms with Crippen LogP contribution in [0, 0.1) is 19.7 Å². The van der Waals surface area contributed by atoms with Crippen LogP contribution in [-0.4, -0.2) is 0 Å². The van der Waals surface area contributed by atoms with Crippen LogP contribution < -0.4 is 5.73 Å². The van der Waals surface area contributed by atoms with Crippen LogP contribution in [0.25, 0.3) is 0 Å². The molecule has 0 aliphatic carbocycles. The summed E-state index contributed by atoms with van der Waals surface area (Å²) < 4.78 is 13.2. The molecule has 0 bridgehead atoms. The van der Waals surface area contributed by atoms with Crippen molar-refractivity contribution in [1.29, 1.82) is 0 Å². The number of nitrogens with two attached hydrogens (primary N) is 1. The van der Waals surface area contributed by atoms with Crippen LogP contribution in [-0.2, 0) is 6.42 Å². The van der Waals surface area contributed by atoms with Gasteiger partial charge >= 0.3 is 0 Å². The summed E-state index contributed by atoms with van der Waals surface area (Å²) in [5.41, 5.74) is 8.56. The Morgan fingerprint density at radius 1 is 1.42 bits per heavy atom. The van der Waals surface area contributed by atoms with Crippen LogP contribution >= 0.6 is 0 Å². The third-order valence-corrected chi connectivity index (χ3v) is 2.24. The molecular weight excluding hydrogens is 153 g/mol. The van der Waals surface area contributed by atoms with E-state index in [1.54, 1.807) is 13.0 Å². The number of nitrogen functional groups attached to an aromatic ring is 1. The normalized spacial score (nSPS) is 10.3. The lowest BCUT2D eigenvalue weighted by molar-refractivity contribution is 0.620. The molecule has 66 valence electrons. The molecule has 2 N–H and O–H groups in total. The zero-order valence-corrected chi connectivity index (χ0v) is 7.74. The van der Waals surface area contributed by atoms with Crippen LogP contribution in [0.5, 0.6) is 0 Å². The number of hydrogen-bond acceptors (Lipinski definition) is 1. The summed E-state index contributed by atoms with van der Waals surface area (Å²) in [6.45, 7) is 5.75. The van der Waals surface area contributed by atoms with Crippen LogP contribution in [0.2, 0.25) is 0 Å². The second-order valence-electron chi connectivity index (χ2n) is 3.05. The van der Waals surface area contributed by atoms with E-state index in [-0.39, 0.29) is 11.5 Å². The zero-order valence-electron chi connectivity index (χ0n) is 7.74. The predicted octanol–water partition coefficient (Wildman–Crippen LogP) is 2.59. The smallest absolute Gasteiger partial charge is 0.149 e. The fourth-order valence-corrected chi connectivity index (χ4v) is 1.57. The Hall–Kier alpha value is -1.05. The maximum Gasteiger partial charge on any atom is 0.149 e. The summed E-state index contributed by atoms with van der Waals surface area (Å²) in [7, 11) is 0. The minimum Gasteiger partial charge on any atom is -0.396 e. The molecule has 0 aliphatic heterocycles. The molecule has 0 radical (unpaired) electrons.